The number of rotatable bonds is 8. The lowest BCUT2D eigenvalue weighted by atomic mass is 10.1. The van der Waals surface area contributed by atoms with Gasteiger partial charge in [0.25, 0.3) is 0 Å². The van der Waals surface area contributed by atoms with Crippen molar-refractivity contribution in [1.29, 1.82) is 0 Å². The first-order valence-corrected chi connectivity index (χ1v) is 9.87. The van der Waals surface area contributed by atoms with Gasteiger partial charge in [-0.05, 0) is 42.0 Å². The monoisotopic (exact) mass is 376 g/mol. The van der Waals surface area contributed by atoms with Gasteiger partial charge in [-0.3, -0.25) is 4.79 Å². The predicted octanol–water partition coefficient (Wildman–Crippen LogP) is 2.91. The number of nitrogens with one attached hydrogen (secondary N) is 1. The van der Waals surface area contributed by atoms with Gasteiger partial charge >= 0.3 is 0 Å². The number of hydrogen-bond donors (Lipinski definition) is 1. The summed E-state index contributed by atoms with van der Waals surface area (Å²) in [4.78, 5) is 12.4. The Hall–Kier alpha value is -2.38. The van der Waals surface area contributed by atoms with E-state index in [4.69, 9.17) is 4.74 Å². The fraction of sp³-hybridized carbons (Fsp3) is 0.316. The molecule has 140 valence electrons. The van der Waals surface area contributed by atoms with E-state index in [-0.39, 0.29) is 17.2 Å². The zero-order valence-electron chi connectivity index (χ0n) is 15.2. The van der Waals surface area contributed by atoms with Crippen LogP contribution in [0.5, 0.6) is 5.75 Å². The Morgan fingerprint density at radius 3 is 2.08 bits per heavy atom. The predicted molar refractivity (Wildman–Crippen MR) is 102 cm³/mol. The molecule has 2 aromatic rings. The number of benzene rings is 2. The minimum absolute atomic E-state index is 0.172. The van der Waals surface area contributed by atoms with Crippen molar-refractivity contribution in [2.75, 3.05) is 25.5 Å². The molecule has 0 bridgehead atoms. The Morgan fingerprint density at radius 1 is 1.00 bits per heavy atom. The molecule has 0 heterocycles. The Labute approximate surface area is 154 Å². The van der Waals surface area contributed by atoms with Crippen LogP contribution >= 0.6 is 0 Å². The number of carbonyl (C=O) groups is 1. The Morgan fingerprint density at radius 2 is 1.58 bits per heavy atom. The largest absolute Gasteiger partial charge is 0.497 e. The van der Waals surface area contributed by atoms with E-state index in [9.17, 15) is 13.2 Å². The molecule has 0 aromatic heterocycles. The number of methoxy groups -OCH3 is 1. The first kappa shape index (κ1) is 19.9. The van der Waals surface area contributed by atoms with E-state index in [0.29, 0.717) is 18.8 Å². The van der Waals surface area contributed by atoms with Crippen molar-refractivity contribution >= 4 is 21.6 Å². The molecule has 0 fully saturated rings. The first-order valence-electron chi connectivity index (χ1n) is 8.43. The SMILES string of the molecule is CCN(CC)S(=O)(=O)c1ccc(NC(=O)Cc2ccc(OC)cc2)cc1. The van der Waals surface area contributed by atoms with Crippen LogP contribution < -0.4 is 10.1 Å². The fourth-order valence-corrected chi connectivity index (χ4v) is 4.01. The van der Waals surface area contributed by atoms with E-state index in [1.165, 1.54) is 16.4 Å². The highest BCUT2D eigenvalue weighted by Crippen LogP contribution is 2.19. The molecule has 2 rings (SSSR count). The summed E-state index contributed by atoms with van der Waals surface area (Å²) in [5, 5.41) is 2.78. The fourth-order valence-electron chi connectivity index (χ4n) is 2.56. The second-order valence-corrected chi connectivity index (χ2v) is 7.62. The zero-order valence-corrected chi connectivity index (χ0v) is 16.0. The van der Waals surface area contributed by atoms with E-state index >= 15 is 0 Å². The van der Waals surface area contributed by atoms with E-state index in [1.807, 2.05) is 12.1 Å². The molecule has 1 amide bonds. The van der Waals surface area contributed by atoms with Crippen LogP contribution in [0.25, 0.3) is 0 Å². The molecule has 0 radical (unpaired) electrons. The third-order valence-electron chi connectivity index (χ3n) is 4.00. The molecule has 6 nitrogen and oxygen atoms in total. The molecule has 0 spiro atoms. The molecular formula is C19H24N2O4S. The summed E-state index contributed by atoms with van der Waals surface area (Å²) < 4.78 is 31.4. The molecule has 1 N–H and O–H groups in total. The highest BCUT2D eigenvalue weighted by molar-refractivity contribution is 7.89. The van der Waals surface area contributed by atoms with Gasteiger partial charge < -0.3 is 10.1 Å². The Kier molecular flexibility index (Phi) is 6.76. The highest BCUT2D eigenvalue weighted by atomic mass is 32.2. The quantitative estimate of drug-likeness (QED) is 0.769. The van der Waals surface area contributed by atoms with Gasteiger partial charge in [-0.1, -0.05) is 26.0 Å². The summed E-state index contributed by atoms with van der Waals surface area (Å²) in [5.74, 6) is 0.564. The average Bonchev–Trinajstić information content (AvgIpc) is 2.63. The van der Waals surface area contributed by atoms with Gasteiger partial charge in [0.2, 0.25) is 15.9 Å². The summed E-state index contributed by atoms with van der Waals surface area (Å²) in [6, 6.07) is 13.5. The maximum Gasteiger partial charge on any atom is 0.243 e. The standard InChI is InChI=1S/C19H24N2O4S/c1-4-21(5-2)26(23,24)18-12-8-16(9-13-18)20-19(22)14-15-6-10-17(25-3)11-7-15/h6-13H,4-5,14H2,1-3H3,(H,20,22). The molecule has 7 heteroatoms. The van der Waals surface area contributed by atoms with Gasteiger partial charge in [-0.2, -0.15) is 4.31 Å². The van der Waals surface area contributed by atoms with E-state index in [2.05, 4.69) is 5.32 Å². The molecule has 0 unspecified atom stereocenters. The van der Waals surface area contributed by atoms with Crippen molar-refractivity contribution in [2.45, 2.75) is 25.2 Å². The Balaban J connectivity index is 2.03. The molecule has 0 aliphatic carbocycles. The van der Waals surface area contributed by atoms with Crippen LogP contribution in [0.3, 0.4) is 0 Å². The highest BCUT2D eigenvalue weighted by Gasteiger charge is 2.21. The van der Waals surface area contributed by atoms with Gasteiger partial charge in [-0.25, -0.2) is 8.42 Å². The van der Waals surface area contributed by atoms with E-state index < -0.39 is 10.0 Å². The van der Waals surface area contributed by atoms with Crippen LogP contribution in [0.1, 0.15) is 19.4 Å². The summed E-state index contributed by atoms with van der Waals surface area (Å²) in [6.45, 7) is 4.43. The second-order valence-electron chi connectivity index (χ2n) is 5.69. The average molecular weight is 376 g/mol. The molecular weight excluding hydrogens is 352 g/mol. The van der Waals surface area contributed by atoms with Crippen molar-refractivity contribution < 1.29 is 17.9 Å². The second kappa shape index (κ2) is 8.82. The number of anilines is 1. The summed E-state index contributed by atoms with van der Waals surface area (Å²) >= 11 is 0. The van der Waals surface area contributed by atoms with E-state index in [0.717, 1.165) is 11.3 Å². The van der Waals surface area contributed by atoms with E-state index in [1.54, 1.807) is 45.2 Å². The third-order valence-corrected chi connectivity index (χ3v) is 6.07. The topological polar surface area (TPSA) is 75.7 Å². The number of nitrogens with zero attached hydrogens (tertiary/aromatic N) is 1. The van der Waals surface area contributed by atoms with Gasteiger partial charge in [0.05, 0.1) is 18.4 Å². The molecule has 0 aliphatic heterocycles. The maximum atomic E-state index is 12.4. The lowest BCUT2D eigenvalue weighted by Crippen LogP contribution is -2.30. The van der Waals surface area contributed by atoms with Crippen molar-refractivity contribution in [2.24, 2.45) is 0 Å². The Bertz CT molecular complexity index is 827. The molecule has 0 saturated heterocycles. The summed E-state index contributed by atoms with van der Waals surface area (Å²) in [5.41, 5.74) is 1.42. The smallest absolute Gasteiger partial charge is 0.243 e. The minimum Gasteiger partial charge on any atom is -0.497 e. The number of ether oxygens (including phenoxy) is 1. The molecule has 26 heavy (non-hydrogen) atoms. The number of carbonyl (C=O) groups excluding carboxylic acids is 1. The number of sulfonamides is 1. The number of hydrogen-bond acceptors (Lipinski definition) is 4. The molecule has 0 aliphatic rings. The van der Waals surface area contributed by atoms with Gasteiger partial charge in [0.1, 0.15) is 5.75 Å². The van der Waals surface area contributed by atoms with Crippen LogP contribution in [-0.4, -0.2) is 38.8 Å². The number of amides is 1. The van der Waals surface area contributed by atoms with Crippen LogP contribution in [0.2, 0.25) is 0 Å². The zero-order chi connectivity index (χ0) is 19.2. The summed E-state index contributed by atoms with van der Waals surface area (Å²) in [6.07, 6.45) is 0.226. The molecule has 2 aromatic carbocycles. The lowest BCUT2D eigenvalue weighted by molar-refractivity contribution is -0.115. The molecule has 0 atom stereocenters. The van der Waals surface area contributed by atoms with Crippen LogP contribution in [0, 0.1) is 0 Å². The lowest BCUT2D eigenvalue weighted by Gasteiger charge is -2.18. The van der Waals surface area contributed by atoms with Crippen LogP contribution in [0.15, 0.2) is 53.4 Å². The van der Waals surface area contributed by atoms with Gasteiger partial charge in [-0.15, -0.1) is 0 Å². The van der Waals surface area contributed by atoms with Crippen molar-refractivity contribution in [3.63, 3.8) is 0 Å². The van der Waals surface area contributed by atoms with Gasteiger partial charge in [0, 0.05) is 18.8 Å². The normalized spacial score (nSPS) is 11.4. The van der Waals surface area contributed by atoms with Gasteiger partial charge in [0.15, 0.2) is 0 Å². The first-order chi connectivity index (χ1) is 12.4. The molecule has 0 saturated carbocycles. The third kappa shape index (κ3) is 4.83. The minimum atomic E-state index is -3.49. The van der Waals surface area contributed by atoms with Crippen LogP contribution in [-0.2, 0) is 21.2 Å². The van der Waals surface area contributed by atoms with Crippen molar-refractivity contribution in [3.8, 4) is 5.75 Å². The maximum absolute atomic E-state index is 12.4. The van der Waals surface area contributed by atoms with Crippen molar-refractivity contribution in [3.05, 3.63) is 54.1 Å². The van der Waals surface area contributed by atoms with Crippen molar-refractivity contribution in [1.82, 2.24) is 4.31 Å². The van der Waals surface area contributed by atoms with Crippen LogP contribution in [0.4, 0.5) is 5.69 Å². The summed E-state index contributed by atoms with van der Waals surface area (Å²) in [7, 11) is -1.90.